The van der Waals surface area contributed by atoms with Crippen LogP contribution >= 0.6 is 0 Å². The van der Waals surface area contributed by atoms with Crippen molar-refractivity contribution in [2.24, 2.45) is 41.4 Å². The quantitative estimate of drug-likeness (QED) is 0.0960. The largest absolute Gasteiger partial charge is 0.481 e. The Balaban J connectivity index is 1.23. The minimum atomic E-state index is -1.33. The Labute approximate surface area is 376 Å². The lowest BCUT2D eigenvalue weighted by molar-refractivity contribution is -0.400. The van der Waals surface area contributed by atoms with E-state index in [1.54, 1.807) is 0 Å². The van der Waals surface area contributed by atoms with Crippen LogP contribution in [0.4, 0.5) is 4.79 Å². The summed E-state index contributed by atoms with van der Waals surface area (Å²) in [5.41, 5.74) is -0.737. The molecule has 4 fully saturated rings. The molecule has 1 unspecified atom stereocenters. The first-order valence-electron chi connectivity index (χ1n) is 24.2. The molecule has 1 aromatic rings. The number of carbonyl (C=O) groups is 2. The average Bonchev–Trinajstić information content (AvgIpc) is 3.60. The van der Waals surface area contributed by atoms with E-state index in [4.69, 9.17) is 23.7 Å². The van der Waals surface area contributed by atoms with Crippen molar-refractivity contribution < 1.29 is 53.7 Å². The summed E-state index contributed by atoms with van der Waals surface area (Å²) in [6.45, 7) is 20.3. The highest BCUT2D eigenvalue weighted by Crippen LogP contribution is 2.54. The molecule has 356 valence electrons. The summed E-state index contributed by atoms with van der Waals surface area (Å²) in [6.07, 6.45) is 6.11. The summed E-state index contributed by atoms with van der Waals surface area (Å²) in [5, 5.41) is 51.5. The lowest BCUT2D eigenvalue weighted by Crippen LogP contribution is -2.66. The maximum absolute atomic E-state index is 13.6. The predicted molar refractivity (Wildman–Crippen MR) is 239 cm³/mol. The summed E-state index contributed by atoms with van der Waals surface area (Å²) in [4.78, 5) is 25.7. The van der Waals surface area contributed by atoms with Crippen molar-refractivity contribution >= 4 is 12.0 Å². The third kappa shape index (κ3) is 10.2. The fraction of sp³-hybridized carbons (Fsp3) is 0.800. The fourth-order valence-electron chi connectivity index (χ4n) is 11.9. The highest BCUT2D eigenvalue weighted by Gasteiger charge is 2.63. The number of carboxylic acids is 1. The molecule has 5 aliphatic rings. The minimum absolute atomic E-state index is 0.0354. The van der Waals surface area contributed by atoms with E-state index in [0.29, 0.717) is 57.9 Å². The van der Waals surface area contributed by atoms with Gasteiger partial charge in [0.25, 0.3) is 0 Å². The van der Waals surface area contributed by atoms with Crippen molar-refractivity contribution in [3.63, 3.8) is 0 Å². The minimum Gasteiger partial charge on any atom is -0.481 e. The molecule has 5 heterocycles. The van der Waals surface area contributed by atoms with Crippen LogP contribution in [0.15, 0.2) is 42.5 Å². The van der Waals surface area contributed by atoms with Gasteiger partial charge in [-0.1, -0.05) is 91.8 Å². The molecule has 0 bridgehead atoms. The Kier molecular flexibility index (Phi) is 15.9. The van der Waals surface area contributed by atoms with Crippen molar-refractivity contribution in [3.05, 3.63) is 48.0 Å². The van der Waals surface area contributed by atoms with Crippen molar-refractivity contribution in [2.45, 2.75) is 212 Å². The molecule has 19 atom stereocenters. The second-order valence-corrected chi connectivity index (χ2v) is 20.5. The lowest BCUT2D eigenvalue weighted by Gasteiger charge is -2.55. The number of carbonyl (C=O) groups excluding carboxylic acids is 1. The van der Waals surface area contributed by atoms with Crippen molar-refractivity contribution in [2.75, 3.05) is 0 Å². The van der Waals surface area contributed by atoms with Crippen LogP contribution in [0.25, 0.3) is 0 Å². The molecule has 6 N–H and O–H groups in total. The Hall–Kier alpha value is -2.62. The van der Waals surface area contributed by atoms with Crippen molar-refractivity contribution in [1.29, 1.82) is 0 Å². The van der Waals surface area contributed by atoms with Crippen LogP contribution in [0.1, 0.15) is 139 Å². The fourth-order valence-corrected chi connectivity index (χ4v) is 11.9. The van der Waals surface area contributed by atoms with Gasteiger partial charge < -0.3 is 54.7 Å². The molecule has 13 heteroatoms. The smallest absolute Gasteiger partial charge is 0.315 e. The number of urea groups is 1. The summed E-state index contributed by atoms with van der Waals surface area (Å²) in [7, 11) is 0. The van der Waals surface area contributed by atoms with Gasteiger partial charge in [-0.2, -0.15) is 0 Å². The zero-order valence-electron chi connectivity index (χ0n) is 39.6. The standard InChI is InChI=1S/C50H80N2O11/c1-11-36(45(55)56)38-20-19-29(4)43(60-38)33(8)41(53)32(7)42(54)37(12-2)44-30(5)27-31(6)49(61-44)24-21-39(52-46(57)51-28-35-17-15-14-16-18-35)50(63-49)26-25-47(10,62-50)40-22-23-48(58,13-3)34(9)59-40/h14-18,21,24,29-34,36-44,53-54,58H,11-13,19-20,22-23,25-28H2,1-10H3,(H,55,56)(H2,51,52,57)/t29-,30-,31+,32-,33-,34-,36+,37-,38+,39+,40+,41+,42?,43+,44-,47-,48+,49-,50-/m0/s1. The van der Waals surface area contributed by atoms with Crippen LogP contribution in [0, 0.1) is 41.4 Å². The molecule has 63 heavy (non-hydrogen) atoms. The number of hydrogen-bond acceptors (Lipinski definition) is 10. The Bertz CT molecular complexity index is 1720. The Morgan fingerprint density at radius 1 is 0.873 bits per heavy atom. The van der Waals surface area contributed by atoms with Gasteiger partial charge in [-0.05, 0) is 95.1 Å². The maximum atomic E-state index is 13.6. The zero-order chi connectivity index (χ0) is 46.1. The number of ether oxygens (including phenoxy) is 5. The second kappa shape index (κ2) is 20.1. The van der Waals surface area contributed by atoms with E-state index < -0.39 is 71.0 Å². The molecular weight excluding hydrogens is 805 g/mol. The highest BCUT2D eigenvalue weighted by molar-refractivity contribution is 5.74. The number of aliphatic hydroxyl groups excluding tert-OH is 2. The van der Waals surface area contributed by atoms with Gasteiger partial charge in [-0.3, -0.25) is 4.79 Å². The van der Waals surface area contributed by atoms with Gasteiger partial charge in [0.05, 0.1) is 59.8 Å². The summed E-state index contributed by atoms with van der Waals surface area (Å²) in [6, 6.07) is 8.67. The van der Waals surface area contributed by atoms with Crippen molar-refractivity contribution in [1.82, 2.24) is 10.6 Å². The van der Waals surface area contributed by atoms with E-state index in [0.717, 1.165) is 18.4 Å². The highest BCUT2D eigenvalue weighted by atomic mass is 16.8. The Morgan fingerprint density at radius 2 is 1.59 bits per heavy atom. The number of hydrogen-bond donors (Lipinski definition) is 6. The second-order valence-electron chi connectivity index (χ2n) is 20.5. The topological polar surface area (TPSA) is 185 Å². The zero-order valence-corrected chi connectivity index (χ0v) is 39.6. The molecule has 2 spiro atoms. The summed E-state index contributed by atoms with van der Waals surface area (Å²) >= 11 is 0. The molecule has 4 saturated heterocycles. The van der Waals surface area contributed by atoms with Gasteiger partial charge in [-0.15, -0.1) is 0 Å². The molecule has 2 amide bonds. The number of aliphatic carboxylic acids is 1. The van der Waals surface area contributed by atoms with Gasteiger partial charge in [0.1, 0.15) is 6.04 Å². The van der Waals surface area contributed by atoms with Crippen molar-refractivity contribution in [3.8, 4) is 0 Å². The van der Waals surface area contributed by atoms with E-state index in [2.05, 4.69) is 31.4 Å². The maximum Gasteiger partial charge on any atom is 0.315 e. The molecular formula is C50H80N2O11. The number of carboxylic acid groups (broad SMARTS) is 1. The average molecular weight is 885 g/mol. The third-order valence-corrected chi connectivity index (χ3v) is 16.3. The van der Waals surface area contributed by atoms with Gasteiger partial charge in [0.15, 0.2) is 11.6 Å². The molecule has 1 aromatic carbocycles. The van der Waals surface area contributed by atoms with E-state index in [9.17, 15) is 30.0 Å². The van der Waals surface area contributed by atoms with E-state index in [1.807, 2.05) is 91.0 Å². The predicted octanol–water partition coefficient (Wildman–Crippen LogP) is 7.49. The monoisotopic (exact) mass is 885 g/mol. The summed E-state index contributed by atoms with van der Waals surface area (Å²) in [5.74, 6) is -5.30. The van der Waals surface area contributed by atoms with E-state index >= 15 is 0 Å². The van der Waals surface area contributed by atoms with Gasteiger partial charge in [0.2, 0.25) is 0 Å². The molecule has 5 aliphatic heterocycles. The van der Waals surface area contributed by atoms with Gasteiger partial charge >= 0.3 is 12.0 Å². The SMILES string of the molecule is CC[C@@H](C(=O)O)[C@H]1CC[C@H](C)[C@H]([C@@H](C)[C@H](O)[C@H](C)C(O)[C@H](CC)[C@H]2O[C@]3(C=C[C@@H](NC(=O)NCc4ccccc4)[C@]4(CC[C@@](C)([C@H]5CC[C@](O)(CC)[C@H](C)O5)O4)O3)[C@H](C)C[C@@H]2C)O1. The number of amides is 2. The normalized spacial score (nSPS) is 41.1. The van der Waals surface area contributed by atoms with Gasteiger partial charge in [-0.25, -0.2) is 4.79 Å². The van der Waals surface area contributed by atoms with E-state index in [-0.39, 0.29) is 53.9 Å². The van der Waals surface area contributed by atoms with Gasteiger partial charge in [0, 0.05) is 36.6 Å². The molecule has 0 radical (unpaired) electrons. The Morgan fingerprint density at radius 3 is 2.22 bits per heavy atom. The number of benzene rings is 1. The number of rotatable bonds is 15. The first-order chi connectivity index (χ1) is 29.8. The first-order valence-corrected chi connectivity index (χ1v) is 24.2. The van der Waals surface area contributed by atoms with Crippen LogP contribution in [-0.2, 0) is 35.0 Å². The van der Waals surface area contributed by atoms with Crippen LogP contribution in [0.3, 0.4) is 0 Å². The third-order valence-electron chi connectivity index (χ3n) is 16.3. The molecule has 6 rings (SSSR count). The van der Waals surface area contributed by atoms with Crippen LogP contribution < -0.4 is 10.6 Å². The van der Waals surface area contributed by atoms with Crippen LogP contribution in [-0.4, -0.2) is 104 Å². The molecule has 0 saturated carbocycles. The molecule has 0 aromatic heterocycles. The number of nitrogens with one attached hydrogen (secondary N) is 2. The van der Waals surface area contributed by atoms with Crippen LogP contribution in [0.5, 0.6) is 0 Å². The lowest BCUT2D eigenvalue weighted by atomic mass is 9.72. The molecule has 0 aliphatic carbocycles. The first kappa shape index (κ1) is 49.8. The molecule has 13 nitrogen and oxygen atoms in total. The van der Waals surface area contributed by atoms with E-state index in [1.165, 1.54) is 0 Å². The summed E-state index contributed by atoms with van der Waals surface area (Å²) < 4.78 is 34.8. The van der Waals surface area contributed by atoms with Crippen LogP contribution in [0.2, 0.25) is 0 Å². The number of aliphatic hydroxyl groups is 3.